The SMILES string of the molecule is CSCCCCCNC(=O)c1ccc(N)c(Cl)c1. The molecule has 100 valence electrons. The average molecular weight is 287 g/mol. The Bertz CT molecular complexity index is 399. The highest BCUT2D eigenvalue weighted by atomic mass is 35.5. The molecule has 0 aliphatic rings. The highest BCUT2D eigenvalue weighted by molar-refractivity contribution is 7.98. The van der Waals surface area contributed by atoms with Crippen LogP contribution in [0.1, 0.15) is 29.6 Å². The molecular weight excluding hydrogens is 268 g/mol. The Morgan fingerprint density at radius 3 is 2.83 bits per heavy atom. The van der Waals surface area contributed by atoms with Crippen LogP contribution in [0, 0.1) is 0 Å². The van der Waals surface area contributed by atoms with Crippen LogP contribution in [-0.2, 0) is 0 Å². The highest BCUT2D eigenvalue weighted by Crippen LogP contribution is 2.19. The quantitative estimate of drug-likeness (QED) is 0.598. The summed E-state index contributed by atoms with van der Waals surface area (Å²) in [6.45, 7) is 0.704. The summed E-state index contributed by atoms with van der Waals surface area (Å²) in [5.74, 6) is 1.09. The van der Waals surface area contributed by atoms with Gasteiger partial charge in [0.25, 0.3) is 5.91 Å². The second kappa shape index (κ2) is 8.27. The molecule has 0 atom stereocenters. The first-order valence-electron chi connectivity index (χ1n) is 5.97. The van der Waals surface area contributed by atoms with Crippen molar-refractivity contribution < 1.29 is 4.79 Å². The van der Waals surface area contributed by atoms with Gasteiger partial charge in [-0.2, -0.15) is 11.8 Å². The zero-order chi connectivity index (χ0) is 13.4. The summed E-state index contributed by atoms with van der Waals surface area (Å²) in [5.41, 5.74) is 6.64. The third-order valence-corrected chi connectivity index (χ3v) is 3.60. The number of nitrogens with two attached hydrogens (primary N) is 1. The van der Waals surface area contributed by atoms with Crippen LogP contribution in [-0.4, -0.2) is 24.5 Å². The first kappa shape index (κ1) is 15.2. The first-order valence-corrected chi connectivity index (χ1v) is 7.74. The van der Waals surface area contributed by atoms with Gasteiger partial charge in [0.05, 0.1) is 10.7 Å². The van der Waals surface area contributed by atoms with Crippen molar-refractivity contribution in [2.75, 3.05) is 24.3 Å². The van der Waals surface area contributed by atoms with Gasteiger partial charge >= 0.3 is 0 Å². The number of nitrogens with one attached hydrogen (secondary N) is 1. The van der Waals surface area contributed by atoms with Gasteiger partial charge in [-0.1, -0.05) is 18.0 Å². The van der Waals surface area contributed by atoms with Gasteiger partial charge in [-0.15, -0.1) is 0 Å². The number of carbonyl (C=O) groups is 1. The maximum absolute atomic E-state index is 11.8. The molecular formula is C13H19ClN2OS. The van der Waals surface area contributed by atoms with E-state index in [1.165, 1.54) is 12.2 Å². The van der Waals surface area contributed by atoms with Crippen molar-refractivity contribution in [3.8, 4) is 0 Å². The number of halogens is 1. The standard InChI is InChI=1S/C13H19ClN2OS/c1-18-8-4-2-3-7-16-13(17)10-5-6-12(15)11(14)9-10/h5-6,9H,2-4,7-8,15H2,1H3,(H,16,17). The third kappa shape index (κ3) is 5.19. The number of hydrogen-bond donors (Lipinski definition) is 2. The second-order valence-electron chi connectivity index (χ2n) is 4.05. The van der Waals surface area contributed by atoms with E-state index >= 15 is 0 Å². The summed E-state index contributed by atoms with van der Waals surface area (Å²) in [6.07, 6.45) is 5.45. The molecule has 1 aromatic rings. The second-order valence-corrected chi connectivity index (χ2v) is 5.44. The van der Waals surface area contributed by atoms with Gasteiger partial charge in [0.2, 0.25) is 0 Å². The summed E-state index contributed by atoms with van der Waals surface area (Å²) in [6, 6.07) is 4.93. The van der Waals surface area contributed by atoms with E-state index in [9.17, 15) is 4.79 Å². The normalized spacial score (nSPS) is 10.3. The number of nitrogen functional groups attached to an aromatic ring is 1. The average Bonchev–Trinajstić information content (AvgIpc) is 2.36. The summed E-state index contributed by atoms with van der Waals surface area (Å²) < 4.78 is 0. The molecule has 0 radical (unpaired) electrons. The Kier molecular flexibility index (Phi) is 6.98. The van der Waals surface area contributed by atoms with Gasteiger partial charge < -0.3 is 11.1 Å². The number of rotatable bonds is 7. The zero-order valence-corrected chi connectivity index (χ0v) is 12.1. The number of benzene rings is 1. The Morgan fingerprint density at radius 1 is 1.39 bits per heavy atom. The van der Waals surface area contributed by atoms with Crippen molar-refractivity contribution in [1.82, 2.24) is 5.32 Å². The van der Waals surface area contributed by atoms with E-state index in [4.69, 9.17) is 17.3 Å². The predicted molar refractivity (Wildman–Crippen MR) is 80.4 cm³/mol. The molecule has 0 heterocycles. The molecule has 0 fully saturated rings. The molecule has 0 unspecified atom stereocenters. The van der Waals surface area contributed by atoms with E-state index in [0.29, 0.717) is 22.8 Å². The lowest BCUT2D eigenvalue weighted by Gasteiger charge is -2.06. The van der Waals surface area contributed by atoms with Crippen LogP contribution in [0.5, 0.6) is 0 Å². The lowest BCUT2D eigenvalue weighted by Crippen LogP contribution is -2.24. The maximum atomic E-state index is 11.8. The molecule has 0 saturated heterocycles. The molecule has 0 aliphatic carbocycles. The number of carbonyl (C=O) groups excluding carboxylic acids is 1. The number of amides is 1. The minimum atomic E-state index is -0.0956. The third-order valence-electron chi connectivity index (χ3n) is 2.57. The fourth-order valence-electron chi connectivity index (χ4n) is 1.52. The monoisotopic (exact) mass is 286 g/mol. The van der Waals surface area contributed by atoms with Crippen molar-refractivity contribution in [3.05, 3.63) is 28.8 Å². The lowest BCUT2D eigenvalue weighted by molar-refractivity contribution is 0.0953. The largest absolute Gasteiger partial charge is 0.398 e. The van der Waals surface area contributed by atoms with E-state index in [2.05, 4.69) is 11.6 Å². The molecule has 1 rings (SSSR count). The minimum Gasteiger partial charge on any atom is -0.398 e. The smallest absolute Gasteiger partial charge is 0.251 e. The molecule has 18 heavy (non-hydrogen) atoms. The van der Waals surface area contributed by atoms with Gasteiger partial charge in [0, 0.05) is 12.1 Å². The summed E-state index contributed by atoms with van der Waals surface area (Å²) in [7, 11) is 0. The summed E-state index contributed by atoms with van der Waals surface area (Å²) >= 11 is 7.72. The molecule has 0 aromatic heterocycles. The lowest BCUT2D eigenvalue weighted by atomic mass is 10.2. The highest BCUT2D eigenvalue weighted by Gasteiger charge is 2.06. The molecule has 0 saturated carbocycles. The van der Waals surface area contributed by atoms with Crippen LogP contribution in [0.4, 0.5) is 5.69 Å². The molecule has 5 heteroatoms. The van der Waals surface area contributed by atoms with Crippen molar-refractivity contribution in [2.24, 2.45) is 0 Å². The molecule has 3 nitrogen and oxygen atoms in total. The maximum Gasteiger partial charge on any atom is 0.251 e. The van der Waals surface area contributed by atoms with Gasteiger partial charge in [-0.05, 0) is 43.0 Å². The van der Waals surface area contributed by atoms with E-state index in [1.807, 2.05) is 11.8 Å². The van der Waals surface area contributed by atoms with Crippen LogP contribution in [0.3, 0.4) is 0 Å². The summed E-state index contributed by atoms with van der Waals surface area (Å²) in [4.78, 5) is 11.8. The van der Waals surface area contributed by atoms with Crippen molar-refractivity contribution in [2.45, 2.75) is 19.3 Å². The fraction of sp³-hybridized carbons (Fsp3) is 0.462. The first-order chi connectivity index (χ1) is 8.65. The minimum absolute atomic E-state index is 0.0956. The topological polar surface area (TPSA) is 55.1 Å². The van der Waals surface area contributed by atoms with Crippen molar-refractivity contribution in [1.29, 1.82) is 0 Å². The molecule has 0 bridgehead atoms. The van der Waals surface area contributed by atoms with Crippen molar-refractivity contribution >= 4 is 35.0 Å². The van der Waals surface area contributed by atoms with E-state index in [-0.39, 0.29) is 5.91 Å². The van der Waals surface area contributed by atoms with Gasteiger partial charge in [-0.3, -0.25) is 4.79 Å². The Morgan fingerprint density at radius 2 is 2.17 bits per heavy atom. The number of anilines is 1. The van der Waals surface area contributed by atoms with Gasteiger partial charge in [-0.25, -0.2) is 0 Å². The Labute approximate surface area is 117 Å². The number of unbranched alkanes of at least 4 members (excludes halogenated alkanes) is 2. The molecule has 3 N–H and O–H groups in total. The van der Waals surface area contributed by atoms with Crippen LogP contribution < -0.4 is 11.1 Å². The molecule has 1 aromatic carbocycles. The van der Waals surface area contributed by atoms with E-state index in [0.717, 1.165) is 12.8 Å². The molecule has 1 amide bonds. The van der Waals surface area contributed by atoms with Gasteiger partial charge in [0.15, 0.2) is 0 Å². The van der Waals surface area contributed by atoms with Crippen molar-refractivity contribution in [3.63, 3.8) is 0 Å². The van der Waals surface area contributed by atoms with E-state index in [1.54, 1.807) is 18.2 Å². The molecule has 0 spiro atoms. The van der Waals surface area contributed by atoms with Gasteiger partial charge in [0.1, 0.15) is 0 Å². The number of thioether (sulfide) groups is 1. The summed E-state index contributed by atoms with van der Waals surface area (Å²) in [5, 5.41) is 3.30. The van der Waals surface area contributed by atoms with Crippen LogP contribution >= 0.6 is 23.4 Å². The zero-order valence-electron chi connectivity index (χ0n) is 10.5. The Balaban J connectivity index is 2.30. The molecule has 0 aliphatic heterocycles. The van der Waals surface area contributed by atoms with Crippen LogP contribution in [0.15, 0.2) is 18.2 Å². The number of hydrogen-bond acceptors (Lipinski definition) is 3. The fourth-order valence-corrected chi connectivity index (χ4v) is 2.19. The van der Waals surface area contributed by atoms with Crippen LogP contribution in [0.2, 0.25) is 5.02 Å². The Hall–Kier alpha value is -0.870. The van der Waals surface area contributed by atoms with Crippen LogP contribution in [0.25, 0.3) is 0 Å². The van der Waals surface area contributed by atoms with E-state index < -0.39 is 0 Å². The predicted octanol–water partition coefficient (Wildman–Crippen LogP) is 3.19.